The van der Waals surface area contributed by atoms with Crippen molar-refractivity contribution in [1.82, 2.24) is 0 Å². The number of hydrogen-bond acceptors (Lipinski definition) is 6. The molecule has 0 spiro atoms. The normalized spacial score (nSPS) is 15.2. The van der Waals surface area contributed by atoms with Crippen LogP contribution in [0.3, 0.4) is 0 Å². The molecule has 1 saturated carbocycles. The van der Waals surface area contributed by atoms with Gasteiger partial charge in [-0.1, -0.05) is 0 Å². The number of methoxy groups -OCH3 is 1. The topological polar surface area (TPSA) is 110 Å². The van der Waals surface area contributed by atoms with Gasteiger partial charge in [0.2, 0.25) is 11.8 Å². The lowest BCUT2D eigenvalue weighted by Gasteiger charge is -2.17. The van der Waals surface area contributed by atoms with Crippen molar-refractivity contribution < 1.29 is 27.5 Å². The van der Waals surface area contributed by atoms with E-state index in [1.54, 1.807) is 29.2 Å². The maximum Gasteiger partial charge on any atom is 0.337 e. The highest BCUT2D eigenvalue weighted by atomic mass is 32.2. The Balaban J connectivity index is 1.36. The summed E-state index contributed by atoms with van der Waals surface area (Å²) in [7, 11) is -2.38. The average Bonchev–Trinajstić information content (AvgIpc) is 3.56. The number of amides is 2. The molecule has 168 valence electrons. The molecule has 1 heterocycles. The van der Waals surface area contributed by atoms with Gasteiger partial charge in [0, 0.05) is 30.3 Å². The lowest BCUT2D eigenvalue weighted by Crippen LogP contribution is -2.30. The van der Waals surface area contributed by atoms with Crippen molar-refractivity contribution in [3.8, 4) is 0 Å². The standard InChI is InChI=1S/C23H24N2O6S/c1-31-23(28)16-4-6-18(7-5-16)24-21(26)11-13-32(29,30)19-8-9-20-17(14-19)10-12-25(20)22(27)15-2-3-15/h4-9,14-15H,2-3,10-13H2,1H3,(H,24,26). The molecule has 0 bridgehead atoms. The van der Waals surface area contributed by atoms with Crippen molar-refractivity contribution in [2.75, 3.05) is 29.6 Å². The van der Waals surface area contributed by atoms with E-state index in [1.165, 1.54) is 25.3 Å². The first-order valence-corrected chi connectivity index (χ1v) is 12.1. The van der Waals surface area contributed by atoms with E-state index in [-0.39, 0.29) is 28.9 Å². The minimum absolute atomic E-state index is 0.111. The fourth-order valence-corrected chi connectivity index (χ4v) is 5.01. The van der Waals surface area contributed by atoms with Crippen molar-refractivity contribution in [1.29, 1.82) is 0 Å². The third kappa shape index (κ3) is 4.67. The SMILES string of the molecule is COC(=O)c1ccc(NC(=O)CCS(=O)(=O)c2ccc3c(c2)CCN3C(=O)C2CC2)cc1. The summed E-state index contributed by atoms with van der Waals surface area (Å²) < 4.78 is 30.1. The molecule has 0 radical (unpaired) electrons. The second-order valence-corrected chi connectivity index (χ2v) is 10.1. The Bertz CT molecular complexity index is 1170. The molecule has 1 fully saturated rings. The van der Waals surface area contributed by atoms with E-state index in [4.69, 9.17) is 0 Å². The number of carbonyl (C=O) groups is 3. The number of esters is 1. The van der Waals surface area contributed by atoms with E-state index in [9.17, 15) is 22.8 Å². The highest BCUT2D eigenvalue weighted by Crippen LogP contribution is 2.37. The number of rotatable bonds is 7. The number of ether oxygens (including phenoxy) is 1. The zero-order chi connectivity index (χ0) is 22.9. The third-order valence-electron chi connectivity index (χ3n) is 5.69. The highest BCUT2D eigenvalue weighted by molar-refractivity contribution is 7.91. The Hall–Kier alpha value is -3.20. The van der Waals surface area contributed by atoms with Gasteiger partial charge < -0.3 is 15.0 Å². The Labute approximate surface area is 186 Å². The fourth-order valence-electron chi connectivity index (χ4n) is 3.73. The summed E-state index contributed by atoms with van der Waals surface area (Å²) in [4.78, 5) is 38.0. The molecule has 8 nitrogen and oxygen atoms in total. The van der Waals surface area contributed by atoms with Crippen molar-refractivity contribution in [2.45, 2.75) is 30.6 Å². The van der Waals surface area contributed by atoms with Gasteiger partial charge in [-0.25, -0.2) is 13.2 Å². The van der Waals surface area contributed by atoms with Crippen LogP contribution in [0, 0.1) is 5.92 Å². The third-order valence-corrected chi connectivity index (χ3v) is 7.40. The van der Waals surface area contributed by atoms with E-state index in [0.29, 0.717) is 24.2 Å². The van der Waals surface area contributed by atoms with E-state index in [1.807, 2.05) is 0 Å². The predicted octanol–water partition coefficient (Wildman–Crippen LogP) is 2.57. The van der Waals surface area contributed by atoms with Gasteiger partial charge in [-0.15, -0.1) is 0 Å². The molecule has 1 aliphatic heterocycles. The number of nitrogens with one attached hydrogen (secondary N) is 1. The van der Waals surface area contributed by atoms with E-state index < -0.39 is 21.7 Å². The average molecular weight is 457 g/mol. The Morgan fingerprint density at radius 2 is 1.81 bits per heavy atom. The quantitative estimate of drug-likeness (QED) is 0.642. The zero-order valence-corrected chi connectivity index (χ0v) is 18.5. The summed E-state index contributed by atoms with van der Waals surface area (Å²) in [6.45, 7) is 0.575. The van der Waals surface area contributed by atoms with Crippen molar-refractivity contribution >= 4 is 39.0 Å². The Morgan fingerprint density at radius 3 is 2.47 bits per heavy atom. The van der Waals surface area contributed by atoms with Gasteiger partial charge in [0.15, 0.2) is 9.84 Å². The zero-order valence-electron chi connectivity index (χ0n) is 17.7. The molecule has 32 heavy (non-hydrogen) atoms. The maximum absolute atomic E-state index is 12.8. The summed E-state index contributed by atoms with van der Waals surface area (Å²) in [5, 5.41) is 2.63. The van der Waals surface area contributed by atoms with Crippen molar-refractivity contribution in [3.63, 3.8) is 0 Å². The highest BCUT2D eigenvalue weighted by Gasteiger charge is 2.36. The monoisotopic (exact) mass is 456 g/mol. The van der Waals surface area contributed by atoms with Crippen molar-refractivity contribution in [3.05, 3.63) is 53.6 Å². The van der Waals surface area contributed by atoms with Crippen LogP contribution in [0.1, 0.15) is 35.2 Å². The van der Waals surface area contributed by atoms with Crippen LogP contribution in [0.2, 0.25) is 0 Å². The molecule has 2 aromatic rings. The summed E-state index contributed by atoms with van der Waals surface area (Å²) in [5.41, 5.74) is 2.43. The van der Waals surface area contributed by atoms with Crippen LogP contribution >= 0.6 is 0 Å². The number of sulfone groups is 1. The smallest absolute Gasteiger partial charge is 0.337 e. The molecule has 4 rings (SSSR count). The largest absolute Gasteiger partial charge is 0.465 e. The summed E-state index contributed by atoms with van der Waals surface area (Å²) in [5.74, 6) is -1.02. The molecular formula is C23H24N2O6S. The number of benzene rings is 2. The van der Waals surface area contributed by atoms with Gasteiger partial charge in [0.1, 0.15) is 0 Å². The van der Waals surface area contributed by atoms with Gasteiger partial charge in [-0.2, -0.15) is 0 Å². The number of fused-ring (bicyclic) bond motifs is 1. The first-order valence-electron chi connectivity index (χ1n) is 10.4. The van der Waals surface area contributed by atoms with Crippen LogP contribution in [0.5, 0.6) is 0 Å². The van der Waals surface area contributed by atoms with Crippen LogP contribution < -0.4 is 10.2 Å². The molecule has 9 heteroatoms. The van der Waals surface area contributed by atoms with Gasteiger partial charge >= 0.3 is 5.97 Å². The molecule has 0 aromatic heterocycles. The summed E-state index contributed by atoms with van der Waals surface area (Å²) in [6, 6.07) is 10.9. The number of anilines is 2. The lowest BCUT2D eigenvalue weighted by atomic mass is 10.2. The van der Waals surface area contributed by atoms with E-state index in [2.05, 4.69) is 10.1 Å². The Kier molecular flexibility index (Phi) is 6.01. The molecule has 0 atom stereocenters. The van der Waals surface area contributed by atoms with Crippen LogP contribution in [-0.4, -0.2) is 45.6 Å². The van der Waals surface area contributed by atoms with Crippen LogP contribution in [-0.2, 0) is 30.6 Å². The second kappa shape index (κ2) is 8.74. The fraction of sp³-hybridized carbons (Fsp3) is 0.348. The van der Waals surface area contributed by atoms with Crippen molar-refractivity contribution in [2.24, 2.45) is 5.92 Å². The molecule has 2 amide bonds. The lowest BCUT2D eigenvalue weighted by molar-refractivity contribution is -0.119. The van der Waals surface area contributed by atoms with E-state index >= 15 is 0 Å². The number of carbonyl (C=O) groups excluding carboxylic acids is 3. The first-order chi connectivity index (χ1) is 15.3. The van der Waals surface area contributed by atoms with Crippen LogP contribution in [0.15, 0.2) is 47.4 Å². The molecular weight excluding hydrogens is 432 g/mol. The molecule has 0 unspecified atom stereocenters. The summed E-state index contributed by atoms with van der Waals surface area (Å²) in [6.07, 6.45) is 2.27. The van der Waals surface area contributed by atoms with Crippen LogP contribution in [0.25, 0.3) is 0 Å². The van der Waals surface area contributed by atoms with Gasteiger partial charge in [0.25, 0.3) is 0 Å². The predicted molar refractivity (Wildman–Crippen MR) is 118 cm³/mol. The minimum Gasteiger partial charge on any atom is -0.465 e. The molecule has 1 N–H and O–H groups in total. The molecule has 1 aliphatic carbocycles. The number of hydrogen-bond donors (Lipinski definition) is 1. The second-order valence-electron chi connectivity index (χ2n) is 7.99. The summed E-state index contributed by atoms with van der Waals surface area (Å²) >= 11 is 0. The molecule has 2 aliphatic rings. The van der Waals surface area contributed by atoms with Crippen LogP contribution in [0.4, 0.5) is 11.4 Å². The molecule has 0 saturated heterocycles. The first kappa shape index (κ1) is 22.0. The van der Waals surface area contributed by atoms with E-state index in [0.717, 1.165) is 24.1 Å². The van der Waals surface area contributed by atoms with Gasteiger partial charge in [-0.3, -0.25) is 9.59 Å². The van der Waals surface area contributed by atoms with Gasteiger partial charge in [0.05, 0.1) is 23.3 Å². The number of nitrogens with zero attached hydrogens (tertiary/aromatic N) is 1. The maximum atomic E-state index is 12.8. The minimum atomic E-state index is -3.66. The van der Waals surface area contributed by atoms with Gasteiger partial charge in [-0.05, 0) is 67.3 Å². The molecule has 2 aromatic carbocycles. The Morgan fingerprint density at radius 1 is 1.09 bits per heavy atom.